The Morgan fingerprint density at radius 3 is 2.80 bits per heavy atom. The van der Waals surface area contributed by atoms with Crippen LogP contribution in [0.3, 0.4) is 0 Å². The molecule has 0 spiro atoms. The van der Waals surface area contributed by atoms with Gasteiger partial charge in [-0.05, 0) is 49.3 Å². The quantitative estimate of drug-likeness (QED) is 0.681. The lowest BCUT2D eigenvalue weighted by atomic mass is 9.81. The van der Waals surface area contributed by atoms with Gasteiger partial charge in [0.15, 0.2) is 0 Å². The minimum Gasteiger partial charge on any atom is -0.300 e. The van der Waals surface area contributed by atoms with Crippen molar-refractivity contribution in [3.8, 4) is 0 Å². The van der Waals surface area contributed by atoms with Crippen LogP contribution in [-0.4, -0.2) is 5.78 Å². The van der Waals surface area contributed by atoms with Crippen LogP contribution in [-0.2, 0) is 4.79 Å². The maximum Gasteiger partial charge on any atom is 0.133 e. The molecular weight excluding hydrogens is 184 g/mol. The van der Waals surface area contributed by atoms with Crippen LogP contribution in [0.5, 0.6) is 0 Å². The number of aryl methyl sites for hydroxylation is 1. The molecule has 0 aromatic heterocycles. The van der Waals surface area contributed by atoms with Crippen LogP contribution in [0.25, 0.3) is 0 Å². The van der Waals surface area contributed by atoms with E-state index in [4.69, 9.17) is 0 Å². The van der Waals surface area contributed by atoms with Crippen molar-refractivity contribution < 1.29 is 4.79 Å². The van der Waals surface area contributed by atoms with E-state index in [1.54, 1.807) is 0 Å². The fraction of sp³-hybridized carbons (Fsp3) is 0.500. The Kier molecular flexibility index (Phi) is 2.90. The van der Waals surface area contributed by atoms with Crippen molar-refractivity contribution in [3.05, 3.63) is 34.9 Å². The summed E-state index contributed by atoms with van der Waals surface area (Å²) in [6, 6.07) is 6.44. The number of Topliss-reactive ketones (excluding diaryl/α,β-unsaturated/α-hetero) is 1. The lowest BCUT2D eigenvalue weighted by Crippen LogP contribution is -2.14. The first-order valence-corrected chi connectivity index (χ1v) is 5.76. The normalized spacial score (nSPS) is 21.7. The molecule has 0 heterocycles. The maximum atomic E-state index is 11.4. The smallest absolute Gasteiger partial charge is 0.133 e. The molecule has 1 aromatic rings. The second-order valence-corrected chi connectivity index (χ2v) is 4.62. The molecule has 0 amide bonds. The van der Waals surface area contributed by atoms with E-state index in [0.29, 0.717) is 11.7 Å². The first-order chi connectivity index (χ1) is 7.18. The van der Waals surface area contributed by atoms with Crippen LogP contribution in [0.1, 0.15) is 48.3 Å². The van der Waals surface area contributed by atoms with Gasteiger partial charge in [0.25, 0.3) is 0 Å². The Morgan fingerprint density at radius 1 is 1.27 bits per heavy atom. The second-order valence-electron chi connectivity index (χ2n) is 4.62. The number of hydrogen-bond acceptors (Lipinski definition) is 1. The van der Waals surface area contributed by atoms with E-state index in [-0.39, 0.29) is 0 Å². The number of carbonyl (C=O) groups excluding carboxylic acids is 1. The van der Waals surface area contributed by atoms with Crippen LogP contribution in [0.2, 0.25) is 0 Å². The van der Waals surface area contributed by atoms with E-state index in [1.165, 1.54) is 23.1 Å². The molecule has 0 saturated heterocycles. The highest BCUT2D eigenvalue weighted by molar-refractivity contribution is 5.80. The number of carbonyl (C=O) groups is 1. The summed E-state index contributed by atoms with van der Waals surface area (Å²) < 4.78 is 0. The Balaban J connectivity index is 2.28. The summed E-state index contributed by atoms with van der Waals surface area (Å²) in [6.45, 7) is 4.31. The van der Waals surface area contributed by atoms with Gasteiger partial charge in [0.2, 0.25) is 0 Å². The minimum atomic E-state index is 0.437. The highest BCUT2D eigenvalue weighted by Gasteiger charge is 2.22. The van der Waals surface area contributed by atoms with Gasteiger partial charge in [-0.1, -0.05) is 18.2 Å². The molecule has 1 fully saturated rings. The van der Waals surface area contributed by atoms with Crippen LogP contribution in [0, 0.1) is 13.8 Å². The zero-order valence-electron chi connectivity index (χ0n) is 9.55. The van der Waals surface area contributed by atoms with Crippen LogP contribution >= 0.6 is 0 Å². The number of benzene rings is 1. The Morgan fingerprint density at radius 2 is 2.07 bits per heavy atom. The molecule has 0 radical (unpaired) electrons. The van der Waals surface area contributed by atoms with Gasteiger partial charge in [0, 0.05) is 12.8 Å². The monoisotopic (exact) mass is 202 g/mol. The van der Waals surface area contributed by atoms with E-state index in [2.05, 4.69) is 32.0 Å². The lowest BCUT2D eigenvalue weighted by Gasteiger charge is -2.23. The molecular formula is C14H18O. The molecule has 0 N–H and O–H groups in total. The summed E-state index contributed by atoms with van der Waals surface area (Å²) in [5.41, 5.74) is 4.10. The van der Waals surface area contributed by atoms with Gasteiger partial charge in [-0.15, -0.1) is 0 Å². The largest absolute Gasteiger partial charge is 0.300 e. The molecule has 0 aliphatic heterocycles. The first kappa shape index (κ1) is 10.4. The van der Waals surface area contributed by atoms with Crippen LogP contribution in [0.4, 0.5) is 0 Å². The summed E-state index contributed by atoms with van der Waals surface area (Å²) in [6.07, 6.45) is 3.79. The Hall–Kier alpha value is -1.11. The summed E-state index contributed by atoms with van der Waals surface area (Å²) >= 11 is 0. The van der Waals surface area contributed by atoms with Gasteiger partial charge in [0.1, 0.15) is 5.78 Å². The Bertz CT molecular complexity index is 379. The highest BCUT2D eigenvalue weighted by Crippen LogP contribution is 2.33. The average Bonchev–Trinajstić information content (AvgIpc) is 2.22. The maximum absolute atomic E-state index is 11.4. The fourth-order valence-corrected chi connectivity index (χ4v) is 2.51. The molecule has 15 heavy (non-hydrogen) atoms. The predicted molar refractivity (Wildman–Crippen MR) is 62.1 cm³/mol. The third-order valence-corrected chi connectivity index (χ3v) is 3.57. The van der Waals surface area contributed by atoms with Crippen molar-refractivity contribution in [1.82, 2.24) is 0 Å². The molecule has 1 nitrogen and oxygen atoms in total. The zero-order chi connectivity index (χ0) is 10.8. The zero-order valence-corrected chi connectivity index (χ0v) is 9.55. The molecule has 2 rings (SSSR count). The molecule has 1 atom stereocenters. The molecule has 1 unspecified atom stereocenters. The van der Waals surface area contributed by atoms with E-state index in [1.807, 2.05) is 0 Å². The van der Waals surface area contributed by atoms with Gasteiger partial charge in [0.05, 0.1) is 0 Å². The number of hydrogen-bond donors (Lipinski definition) is 0. The summed E-state index contributed by atoms with van der Waals surface area (Å²) in [7, 11) is 0. The topological polar surface area (TPSA) is 17.1 Å². The third kappa shape index (κ3) is 2.11. The number of ketones is 1. The summed E-state index contributed by atoms with van der Waals surface area (Å²) in [5.74, 6) is 0.915. The fourth-order valence-electron chi connectivity index (χ4n) is 2.51. The molecule has 1 saturated carbocycles. The SMILES string of the molecule is Cc1cccc(C2CCCC(=O)C2)c1C. The van der Waals surface area contributed by atoms with Crippen molar-refractivity contribution in [2.75, 3.05) is 0 Å². The van der Waals surface area contributed by atoms with Crippen LogP contribution in [0.15, 0.2) is 18.2 Å². The van der Waals surface area contributed by atoms with Gasteiger partial charge in [-0.2, -0.15) is 0 Å². The van der Waals surface area contributed by atoms with Gasteiger partial charge in [-0.25, -0.2) is 0 Å². The Labute approximate surface area is 91.5 Å². The van der Waals surface area contributed by atoms with Gasteiger partial charge < -0.3 is 0 Å². The van der Waals surface area contributed by atoms with Crippen molar-refractivity contribution in [2.24, 2.45) is 0 Å². The predicted octanol–water partition coefficient (Wildman–Crippen LogP) is 3.53. The number of rotatable bonds is 1. The minimum absolute atomic E-state index is 0.437. The van der Waals surface area contributed by atoms with E-state index in [0.717, 1.165) is 19.3 Å². The first-order valence-electron chi connectivity index (χ1n) is 5.76. The molecule has 80 valence electrons. The summed E-state index contributed by atoms with van der Waals surface area (Å²) in [4.78, 5) is 11.4. The lowest BCUT2D eigenvalue weighted by molar-refractivity contribution is -0.120. The second kappa shape index (κ2) is 4.18. The van der Waals surface area contributed by atoms with Crippen molar-refractivity contribution in [2.45, 2.75) is 45.4 Å². The van der Waals surface area contributed by atoms with Gasteiger partial charge >= 0.3 is 0 Å². The van der Waals surface area contributed by atoms with Crippen LogP contribution < -0.4 is 0 Å². The standard InChI is InChI=1S/C14H18O/c1-10-5-3-8-14(11(10)2)12-6-4-7-13(15)9-12/h3,5,8,12H,4,6-7,9H2,1-2H3. The van der Waals surface area contributed by atoms with Crippen molar-refractivity contribution in [3.63, 3.8) is 0 Å². The van der Waals surface area contributed by atoms with Gasteiger partial charge in [-0.3, -0.25) is 4.79 Å². The highest BCUT2D eigenvalue weighted by atomic mass is 16.1. The molecule has 1 aromatic carbocycles. The average molecular weight is 202 g/mol. The van der Waals surface area contributed by atoms with E-state index in [9.17, 15) is 4.79 Å². The van der Waals surface area contributed by atoms with Crippen molar-refractivity contribution >= 4 is 5.78 Å². The molecule has 1 heteroatoms. The molecule has 0 bridgehead atoms. The van der Waals surface area contributed by atoms with E-state index >= 15 is 0 Å². The molecule has 1 aliphatic carbocycles. The van der Waals surface area contributed by atoms with E-state index < -0.39 is 0 Å². The summed E-state index contributed by atoms with van der Waals surface area (Å²) in [5, 5.41) is 0. The molecule has 1 aliphatic rings. The van der Waals surface area contributed by atoms with Crippen molar-refractivity contribution in [1.29, 1.82) is 0 Å². The third-order valence-electron chi connectivity index (χ3n) is 3.57.